The minimum Gasteiger partial charge on any atom is -0.456 e. The lowest BCUT2D eigenvalue weighted by molar-refractivity contribution is 0.669. The molecule has 10 heteroatoms. The van der Waals surface area contributed by atoms with Crippen LogP contribution in [0.3, 0.4) is 0 Å². The van der Waals surface area contributed by atoms with Gasteiger partial charge in [0.05, 0.1) is 44.8 Å². The highest BCUT2D eigenvalue weighted by Gasteiger charge is 2.22. The number of para-hydroxylation sites is 6. The zero-order valence-electron chi connectivity index (χ0n) is 68.7. The summed E-state index contributed by atoms with van der Waals surface area (Å²) in [6, 6.07) is 149. The number of aromatic nitrogens is 6. The molecule has 128 heavy (non-hydrogen) atoms. The van der Waals surface area contributed by atoms with Crippen molar-refractivity contribution >= 4 is 183 Å². The van der Waals surface area contributed by atoms with Gasteiger partial charge in [-0.1, -0.05) is 340 Å². The van der Waals surface area contributed by atoms with Gasteiger partial charge in [0.1, 0.15) is 22.3 Å². The van der Waals surface area contributed by atoms with Gasteiger partial charge in [-0.25, -0.2) is 29.9 Å². The number of fused-ring (bicyclic) bond motifs is 22. The van der Waals surface area contributed by atoms with E-state index < -0.39 is 0 Å². The number of furan rings is 2. The smallest absolute Gasteiger partial charge is 0.161 e. The molecule has 0 unspecified atom stereocenters. The van der Waals surface area contributed by atoms with E-state index in [1.54, 1.807) is 0 Å². The molecule has 8 nitrogen and oxygen atoms in total. The van der Waals surface area contributed by atoms with Gasteiger partial charge in [-0.3, -0.25) is 0 Å². The van der Waals surface area contributed by atoms with Crippen molar-refractivity contribution in [2.75, 3.05) is 0 Å². The Hall–Kier alpha value is -16.5. The monoisotopic (exact) mass is 1670 g/mol. The Morgan fingerprint density at radius 3 is 1.23 bits per heavy atom. The van der Waals surface area contributed by atoms with Crippen LogP contribution in [0.4, 0.5) is 0 Å². The maximum atomic E-state index is 6.20. The molecule has 0 aliphatic carbocycles. The van der Waals surface area contributed by atoms with Crippen LogP contribution in [0.1, 0.15) is 0 Å². The van der Waals surface area contributed by atoms with Crippen molar-refractivity contribution in [2.45, 2.75) is 0 Å². The van der Waals surface area contributed by atoms with Crippen molar-refractivity contribution in [3.63, 3.8) is 0 Å². The summed E-state index contributed by atoms with van der Waals surface area (Å²) in [6.45, 7) is 0. The van der Waals surface area contributed by atoms with Gasteiger partial charge in [-0.2, -0.15) is 0 Å². The number of hydrogen-bond donors (Lipinski definition) is 0. The average molecular weight is 1670 g/mol. The van der Waals surface area contributed by atoms with Gasteiger partial charge in [0.2, 0.25) is 0 Å². The molecule has 0 atom stereocenters. The van der Waals surface area contributed by atoms with E-state index in [9.17, 15) is 0 Å². The topological polar surface area (TPSA) is 104 Å². The van der Waals surface area contributed by atoms with E-state index in [2.05, 4.69) is 334 Å². The molecule has 0 amide bonds. The maximum absolute atomic E-state index is 6.20. The van der Waals surface area contributed by atoms with Crippen LogP contribution in [-0.4, -0.2) is 29.9 Å². The van der Waals surface area contributed by atoms with Gasteiger partial charge in [0.25, 0.3) is 0 Å². The first-order valence-corrected chi connectivity index (χ1v) is 44.6. The Balaban J connectivity index is 0.000000105. The lowest BCUT2D eigenvalue weighted by Crippen LogP contribution is -1.96. The third-order valence-corrected chi connectivity index (χ3v) is 27.4. The number of rotatable bonds is 9. The fourth-order valence-corrected chi connectivity index (χ4v) is 21.3. The van der Waals surface area contributed by atoms with E-state index >= 15 is 0 Å². The number of hydrogen-bond acceptors (Lipinski definition) is 10. The van der Waals surface area contributed by atoms with E-state index in [1.807, 2.05) is 114 Å². The molecule has 0 aliphatic heterocycles. The normalized spacial score (nSPS) is 11.8. The summed E-state index contributed by atoms with van der Waals surface area (Å²) in [4.78, 5) is 30.5. The Morgan fingerprint density at radius 2 is 0.594 bits per heavy atom. The molecule has 0 N–H and O–H groups in total. The quantitative estimate of drug-likeness (QED) is 0.141. The largest absolute Gasteiger partial charge is 0.456 e. The zero-order chi connectivity index (χ0) is 84.3. The molecular formula is C118H70N6O2S2. The van der Waals surface area contributed by atoms with Crippen LogP contribution >= 0.6 is 22.7 Å². The molecule has 27 rings (SSSR count). The summed E-state index contributed by atoms with van der Waals surface area (Å²) in [5, 5.41) is 21.6. The summed E-state index contributed by atoms with van der Waals surface area (Å²) in [5.74, 6) is 1.45. The molecule has 27 aromatic rings. The van der Waals surface area contributed by atoms with Gasteiger partial charge >= 0.3 is 0 Å². The van der Waals surface area contributed by atoms with Crippen LogP contribution < -0.4 is 0 Å². The molecule has 0 bridgehead atoms. The highest BCUT2D eigenvalue weighted by molar-refractivity contribution is 7.27. The van der Waals surface area contributed by atoms with E-state index in [4.69, 9.17) is 38.7 Å². The van der Waals surface area contributed by atoms with Crippen molar-refractivity contribution < 1.29 is 8.83 Å². The first-order chi connectivity index (χ1) is 63.4. The third kappa shape index (κ3) is 12.9. The second-order valence-corrected chi connectivity index (χ2v) is 34.7. The standard InChI is InChI=1S/C42H24N2OS.C40H24N2O.C36H22N2S/c1-4-10-35-32(8-1)41(29-19-21-31-30-7-3-6-12-38(30)46-39(31)24-29)44-42(43-35)27-16-13-25(14-17-27)28-18-15-26-20-22-37-40(34(26)23-28)33-9-2-5-11-36(33)45-37;1-2-10-26(11-3-1)39-32-14-6-8-16-35(32)41-40(42-39)31-22-21-28(29-12-4-5-13-30(29)31)27-19-18-25-20-23-37-38(34(25)24-27)33-15-7-9-17-36(33)43-37;1-2-9-25(10-3-1)34-35(38-31-15-6-5-14-30(31)37-34)26-19-17-23(18-20-26)27-13-8-11-24-21-22-29-28-12-4-7-16-32(28)39-36(29)33(24)27/h1-24H;1-24H;1-22H. The second kappa shape index (κ2) is 30.8. The number of benzene rings is 20. The summed E-state index contributed by atoms with van der Waals surface area (Å²) >= 11 is 3.71. The number of thiophene rings is 2. The summed E-state index contributed by atoms with van der Waals surface area (Å²) < 4.78 is 17.6. The predicted octanol–water partition coefficient (Wildman–Crippen LogP) is 33.0. The molecule has 7 aromatic heterocycles. The van der Waals surface area contributed by atoms with E-state index in [0.29, 0.717) is 0 Å². The summed E-state index contributed by atoms with van der Waals surface area (Å²) in [5.41, 5.74) is 24.4. The first-order valence-electron chi connectivity index (χ1n) is 43.0. The van der Waals surface area contributed by atoms with Crippen LogP contribution in [0.5, 0.6) is 0 Å². The Kier molecular flexibility index (Phi) is 17.8. The lowest BCUT2D eigenvalue weighted by Gasteiger charge is -2.14. The molecule has 0 fully saturated rings. The molecule has 0 aliphatic rings. The van der Waals surface area contributed by atoms with E-state index in [1.165, 1.54) is 94.7 Å². The van der Waals surface area contributed by atoms with E-state index in [0.717, 1.165) is 167 Å². The minimum absolute atomic E-state index is 0.724. The third-order valence-electron chi connectivity index (χ3n) is 25.1. The molecular weight excluding hydrogens is 1600 g/mol. The highest BCUT2D eigenvalue weighted by atomic mass is 32.1. The average Bonchev–Trinajstić information content (AvgIpc) is 1.17. The lowest BCUT2D eigenvalue weighted by atomic mass is 9.92. The molecule has 20 aromatic carbocycles. The molecule has 0 radical (unpaired) electrons. The SMILES string of the molecule is c1ccc(-c2nc(-c3ccc(-c4ccc5ccc6oc7ccccc7c6c5c4)c4ccccc34)nc3ccccc23)cc1.c1ccc(-c2nc3ccccc3nc2-c2ccc(-c3cccc4ccc5c6ccccc6sc5c34)cc2)cc1.c1ccc2c(-c3ccc4c(c3)sc3ccccc34)nc(-c3ccc(-c4ccc5ccc6oc7ccccc7c6c5c4)cc3)nc2c1. The first kappa shape index (κ1) is 74.2. The van der Waals surface area contributed by atoms with Crippen LogP contribution in [0.25, 0.3) is 261 Å². The summed E-state index contributed by atoms with van der Waals surface area (Å²) in [6.07, 6.45) is 0. The van der Waals surface area contributed by atoms with Crippen molar-refractivity contribution in [2.24, 2.45) is 0 Å². The highest BCUT2D eigenvalue weighted by Crippen LogP contribution is 2.47. The molecule has 0 saturated carbocycles. The van der Waals surface area contributed by atoms with Gasteiger partial charge in [-0.15, -0.1) is 22.7 Å². The second-order valence-electron chi connectivity index (χ2n) is 32.5. The molecule has 596 valence electrons. The van der Waals surface area contributed by atoms with Gasteiger partial charge in [0, 0.05) is 111 Å². The van der Waals surface area contributed by atoms with Crippen molar-refractivity contribution in [3.05, 3.63) is 425 Å². The predicted molar refractivity (Wildman–Crippen MR) is 538 cm³/mol. The maximum Gasteiger partial charge on any atom is 0.161 e. The fraction of sp³-hybridized carbons (Fsp3) is 0. The van der Waals surface area contributed by atoms with Crippen molar-refractivity contribution in [1.82, 2.24) is 29.9 Å². The Bertz CT molecular complexity index is 9160. The summed E-state index contributed by atoms with van der Waals surface area (Å²) in [7, 11) is 0. The van der Waals surface area contributed by atoms with Crippen molar-refractivity contribution in [1.29, 1.82) is 0 Å². The zero-order valence-corrected chi connectivity index (χ0v) is 70.4. The molecule has 7 heterocycles. The fourth-order valence-electron chi connectivity index (χ4n) is 18.9. The minimum atomic E-state index is 0.724. The van der Waals surface area contributed by atoms with Gasteiger partial charge in [-0.05, 0) is 156 Å². The van der Waals surface area contributed by atoms with Crippen LogP contribution in [-0.2, 0) is 0 Å². The molecule has 0 spiro atoms. The number of nitrogens with zero attached hydrogens (tertiary/aromatic N) is 6. The van der Waals surface area contributed by atoms with Crippen molar-refractivity contribution in [3.8, 4) is 101 Å². The van der Waals surface area contributed by atoms with Crippen LogP contribution in [0.15, 0.2) is 433 Å². The van der Waals surface area contributed by atoms with Crippen LogP contribution in [0.2, 0.25) is 0 Å². The molecule has 0 saturated heterocycles. The van der Waals surface area contributed by atoms with Crippen LogP contribution in [0, 0.1) is 0 Å². The van der Waals surface area contributed by atoms with E-state index in [-0.39, 0.29) is 0 Å². The Morgan fingerprint density at radius 1 is 0.172 bits per heavy atom. The van der Waals surface area contributed by atoms with Gasteiger partial charge < -0.3 is 8.83 Å². The van der Waals surface area contributed by atoms with Gasteiger partial charge in [0.15, 0.2) is 11.6 Å². The Labute approximate surface area is 741 Å².